The number of aromatic nitrogens is 2. The number of carbonyl (C=O) groups is 3. The second kappa shape index (κ2) is 9.97. The molecule has 2 aliphatic rings. The lowest BCUT2D eigenvalue weighted by Crippen LogP contribution is -2.56. The van der Waals surface area contributed by atoms with Gasteiger partial charge in [0, 0.05) is 32.4 Å². The Morgan fingerprint density at radius 3 is 2.47 bits per heavy atom. The van der Waals surface area contributed by atoms with Gasteiger partial charge in [0.05, 0.1) is 11.8 Å². The van der Waals surface area contributed by atoms with Crippen molar-refractivity contribution in [1.29, 1.82) is 0 Å². The molecule has 192 valence electrons. The molecule has 1 aromatic carbocycles. The number of carbonyl (C=O) groups excluding carboxylic acids is 3. The summed E-state index contributed by atoms with van der Waals surface area (Å²) in [5.74, 6) is -0.276. The summed E-state index contributed by atoms with van der Waals surface area (Å²) >= 11 is 0. The third kappa shape index (κ3) is 5.48. The number of benzene rings is 1. The molecule has 0 saturated carbocycles. The third-order valence-electron chi connectivity index (χ3n) is 6.43. The molecule has 4 N–H and O–H groups in total. The summed E-state index contributed by atoms with van der Waals surface area (Å²) < 4.78 is 6.30. The van der Waals surface area contributed by atoms with Crippen LogP contribution < -0.4 is 16.7 Å². The maximum Gasteiger partial charge on any atom is 0.405 e. The zero-order valence-corrected chi connectivity index (χ0v) is 20.3. The molecule has 12 nitrogen and oxygen atoms in total. The van der Waals surface area contributed by atoms with Gasteiger partial charge >= 0.3 is 17.8 Å². The lowest BCUT2D eigenvalue weighted by molar-refractivity contribution is -0.149. The number of aryl methyl sites for hydroxylation is 1. The second-order valence-electron chi connectivity index (χ2n) is 9.46. The van der Waals surface area contributed by atoms with Gasteiger partial charge in [-0.05, 0) is 62.4 Å². The zero-order valence-electron chi connectivity index (χ0n) is 20.3. The number of aliphatic hydroxyl groups excluding tert-OH is 1. The lowest BCUT2D eigenvalue weighted by Gasteiger charge is -2.37. The van der Waals surface area contributed by atoms with E-state index in [4.69, 9.17) is 10.5 Å². The molecule has 1 aliphatic carbocycles. The maximum absolute atomic E-state index is 12.7. The molecule has 36 heavy (non-hydrogen) atoms. The molecule has 1 aromatic heterocycles. The number of hydrogen-bond donors (Lipinski definition) is 3. The summed E-state index contributed by atoms with van der Waals surface area (Å²) in [5.41, 5.74) is 5.95. The number of rotatable bonds is 4. The number of aliphatic hydroxyl groups is 1. The van der Waals surface area contributed by atoms with Crippen LogP contribution in [0, 0.1) is 0 Å². The van der Waals surface area contributed by atoms with Crippen LogP contribution in [0.5, 0.6) is 0 Å². The highest BCUT2D eigenvalue weighted by molar-refractivity contribution is 5.89. The van der Waals surface area contributed by atoms with E-state index in [0.29, 0.717) is 18.5 Å². The van der Waals surface area contributed by atoms with E-state index in [1.54, 1.807) is 12.3 Å². The number of nitrogens with one attached hydrogen (secondary N) is 1. The van der Waals surface area contributed by atoms with Gasteiger partial charge in [-0.25, -0.2) is 14.4 Å². The molecule has 4 amide bonds. The number of primary amides is 1. The molecule has 0 radical (unpaired) electrons. The van der Waals surface area contributed by atoms with Gasteiger partial charge in [0.2, 0.25) is 0 Å². The molecule has 1 unspecified atom stereocenters. The van der Waals surface area contributed by atoms with E-state index in [9.17, 15) is 24.3 Å². The van der Waals surface area contributed by atoms with Gasteiger partial charge < -0.3 is 25.4 Å². The number of urea groups is 1. The fourth-order valence-electron chi connectivity index (χ4n) is 4.52. The first-order chi connectivity index (χ1) is 17.0. The molecule has 1 atom stereocenters. The van der Waals surface area contributed by atoms with Crippen molar-refractivity contribution in [2.75, 3.05) is 31.5 Å². The van der Waals surface area contributed by atoms with Crippen molar-refractivity contribution in [3.63, 3.8) is 0 Å². The van der Waals surface area contributed by atoms with Crippen molar-refractivity contribution in [3.8, 4) is 5.69 Å². The minimum absolute atomic E-state index is 0.122. The number of piperazine rings is 1. The van der Waals surface area contributed by atoms with Crippen LogP contribution in [0.3, 0.4) is 0 Å². The summed E-state index contributed by atoms with van der Waals surface area (Å²) in [5, 5.41) is 12.5. The minimum Gasteiger partial charge on any atom is -0.434 e. The summed E-state index contributed by atoms with van der Waals surface area (Å²) in [6.45, 7) is 3.93. The molecular weight excluding hydrogens is 468 g/mol. The normalized spacial score (nSPS) is 17.8. The van der Waals surface area contributed by atoms with Gasteiger partial charge in [0.15, 0.2) is 5.60 Å². The highest BCUT2D eigenvalue weighted by Crippen LogP contribution is 2.24. The topological polar surface area (TPSA) is 160 Å². The zero-order chi connectivity index (χ0) is 26.0. The monoisotopic (exact) mass is 498 g/mol. The van der Waals surface area contributed by atoms with Crippen LogP contribution in [-0.2, 0) is 22.4 Å². The SMILES string of the molecule is CC(C)(OC(N)=O)C(=O)N1CCN(C(=O)Nc2ccn(-c3ccc4c(c3)CCC(O)C4)c(=O)n2)CC1. The summed E-state index contributed by atoms with van der Waals surface area (Å²) in [6.07, 6.45) is 2.23. The predicted molar refractivity (Wildman–Crippen MR) is 130 cm³/mol. The number of nitrogens with two attached hydrogens (primary N) is 1. The molecule has 0 bridgehead atoms. The van der Waals surface area contributed by atoms with Crippen LogP contribution in [-0.4, -0.2) is 80.4 Å². The number of anilines is 1. The smallest absolute Gasteiger partial charge is 0.405 e. The van der Waals surface area contributed by atoms with Gasteiger partial charge in [0.1, 0.15) is 5.82 Å². The Kier molecular flexibility index (Phi) is 6.97. The number of amides is 4. The van der Waals surface area contributed by atoms with Crippen molar-refractivity contribution in [1.82, 2.24) is 19.4 Å². The number of nitrogens with zero attached hydrogens (tertiary/aromatic N) is 4. The average Bonchev–Trinajstić information content (AvgIpc) is 2.82. The molecule has 0 spiro atoms. The number of ether oxygens (including phenoxy) is 1. The van der Waals surface area contributed by atoms with Gasteiger partial charge in [-0.2, -0.15) is 4.98 Å². The maximum atomic E-state index is 12.7. The molecule has 4 rings (SSSR count). The number of fused-ring (bicyclic) bond motifs is 1. The third-order valence-corrected chi connectivity index (χ3v) is 6.43. The van der Waals surface area contributed by atoms with Crippen LogP contribution in [0.15, 0.2) is 35.3 Å². The molecule has 1 fully saturated rings. The Balaban J connectivity index is 1.36. The fourth-order valence-corrected chi connectivity index (χ4v) is 4.52. The predicted octanol–water partition coefficient (Wildman–Crippen LogP) is 0.632. The van der Waals surface area contributed by atoms with E-state index in [-0.39, 0.29) is 38.1 Å². The van der Waals surface area contributed by atoms with Crippen LogP contribution in [0.1, 0.15) is 31.4 Å². The van der Waals surface area contributed by atoms with Crippen LogP contribution >= 0.6 is 0 Å². The van der Waals surface area contributed by atoms with Crippen molar-refractivity contribution in [2.24, 2.45) is 5.73 Å². The lowest BCUT2D eigenvalue weighted by atomic mass is 9.89. The quantitative estimate of drug-likeness (QED) is 0.557. The molecular formula is C24H30N6O6. The summed E-state index contributed by atoms with van der Waals surface area (Å²) in [7, 11) is 0. The minimum atomic E-state index is -1.40. The van der Waals surface area contributed by atoms with E-state index in [1.807, 2.05) is 18.2 Å². The molecule has 1 saturated heterocycles. The molecule has 12 heteroatoms. The van der Waals surface area contributed by atoms with E-state index in [2.05, 4.69) is 10.3 Å². The highest BCUT2D eigenvalue weighted by Gasteiger charge is 2.37. The molecule has 2 aromatic rings. The molecule has 1 aliphatic heterocycles. The van der Waals surface area contributed by atoms with Crippen LogP contribution in [0.25, 0.3) is 5.69 Å². The van der Waals surface area contributed by atoms with Crippen molar-refractivity contribution >= 4 is 23.8 Å². The first kappa shape index (κ1) is 25.2. The number of hydrogen-bond acceptors (Lipinski definition) is 7. The summed E-state index contributed by atoms with van der Waals surface area (Å²) in [6, 6.07) is 6.77. The highest BCUT2D eigenvalue weighted by atomic mass is 16.6. The van der Waals surface area contributed by atoms with Crippen molar-refractivity contribution < 1.29 is 24.2 Å². The Bertz CT molecular complexity index is 1230. The average molecular weight is 499 g/mol. The van der Waals surface area contributed by atoms with E-state index in [1.165, 1.54) is 28.2 Å². The van der Waals surface area contributed by atoms with E-state index >= 15 is 0 Å². The van der Waals surface area contributed by atoms with E-state index < -0.39 is 29.3 Å². The van der Waals surface area contributed by atoms with Crippen molar-refractivity contribution in [2.45, 2.75) is 44.8 Å². The first-order valence-corrected chi connectivity index (χ1v) is 11.8. The first-order valence-electron chi connectivity index (χ1n) is 11.8. The Morgan fingerprint density at radius 1 is 1.11 bits per heavy atom. The van der Waals surface area contributed by atoms with Gasteiger partial charge in [0.25, 0.3) is 5.91 Å². The standard InChI is InChI=1S/C24H30N6O6/c1-24(2,36-21(25)33)20(32)28-9-11-29(12-10-28)22(34)26-19-7-8-30(23(35)27-19)17-5-3-16-14-18(31)6-4-15(16)13-17/h3,5,7-8,13,18,31H,4,6,9-12,14H2,1-2H3,(H2,25,33)(H,26,27,34,35). The summed E-state index contributed by atoms with van der Waals surface area (Å²) in [4.78, 5) is 56.0. The Hall–Kier alpha value is -3.93. The van der Waals surface area contributed by atoms with Gasteiger partial charge in [-0.15, -0.1) is 0 Å². The largest absolute Gasteiger partial charge is 0.434 e. The van der Waals surface area contributed by atoms with Gasteiger partial charge in [-0.3, -0.25) is 14.7 Å². The van der Waals surface area contributed by atoms with Crippen LogP contribution in [0.2, 0.25) is 0 Å². The van der Waals surface area contributed by atoms with Crippen LogP contribution in [0.4, 0.5) is 15.4 Å². The second-order valence-corrected chi connectivity index (χ2v) is 9.46. The van der Waals surface area contributed by atoms with E-state index in [0.717, 1.165) is 17.5 Å². The Labute approximate surface area is 207 Å². The molecule has 2 heterocycles. The Morgan fingerprint density at radius 2 is 1.81 bits per heavy atom. The van der Waals surface area contributed by atoms with Gasteiger partial charge in [-0.1, -0.05) is 6.07 Å². The van der Waals surface area contributed by atoms with Crippen molar-refractivity contribution in [3.05, 3.63) is 52.1 Å². The fraction of sp³-hybridized carbons (Fsp3) is 0.458.